The van der Waals surface area contributed by atoms with E-state index in [-0.39, 0.29) is 24.4 Å². The Labute approximate surface area is 143 Å². The average molecular weight is 344 g/mol. The van der Waals surface area contributed by atoms with Gasteiger partial charge in [-0.15, -0.1) is 0 Å². The molecule has 9 nitrogen and oxygen atoms in total. The minimum absolute atomic E-state index is 0.112. The molecule has 0 aromatic heterocycles. The Morgan fingerprint density at radius 3 is 2.64 bits per heavy atom. The van der Waals surface area contributed by atoms with Crippen LogP contribution in [0.3, 0.4) is 0 Å². The number of benzene rings is 1. The molecule has 0 aliphatic carbocycles. The van der Waals surface area contributed by atoms with Gasteiger partial charge in [-0.1, -0.05) is 6.07 Å². The number of carbonyl (C=O) groups is 2. The zero-order chi connectivity index (χ0) is 18.4. The van der Waals surface area contributed by atoms with Crippen LogP contribution in [0.5, 0.6) is 0 Å². The first-order chi connectivity index (χ1) is 11.9. The number of carboxylic acids is 1. The number of aliphatic carboxylic acids is 1. The highest BCUT2D eigenvalue weighted by Crippen LogP contribution is 2.20. The molecule has 0 atom stereocenters. The van der Waals surface area contributed by atoms with E-state index in [0.717, 1.165) is 0 Å². The van der Waals surface area contributed by atoms with E-state index in [4.69, 9.17) is 5.11 Å². The van der Waals surface area contributed by atoms with Crippen molar-refractivity contribution in [1.82, 2.24) is 4.90 Å². The van der Waals surface area contributed by atoms with Gasteiger partial charge in [-0.25, -0.2) is 0 Å². The van der Waals surface area contributed by atoms with Gasteiger partial charge in [-0.05, 0) is 18.9 Å². The van der Waals surface area contributed by atoms with Crippen molar-refractivity contribution in [3.05, 3.63) is 46.2 Å². The summed E-state index contributed by atoms with van der Waals surface area (Å²) in [6.07, 6.45) is 1.89. The molecule has 1 heterocycles. The molecule has 0 saturated carbocycles. The summed E-state index contributed by atoms with van der Waals surface area (Å²) in [5.74, 6) is -1.85. The van der Waals surface area contributed by atoms with Crippen molar-refractivity contribution in [3.63, 3.8) is 0 Å². The van der Waals surface area contributed by atoms with Gasteiger partial charge in [0.2, 0.25) is 0 Å². The van der Waals surface area contributed by atoms with Gasteiger partial charge in [0, 0.05) is 37.1 Å². The normalized spacial score (nSPS) is 15.3. The van der Waals surface area contributed by atoms with Crippen LogP contribution in [0.1, 0.15) is 12.8 Å². The third-order valence-electron chi connectivity index (χ3n) is 3.92. The maximum Gasteiger partial charge on any atom is 0.306 e. The topological polar surface area (TPSA) is 137 Å². The quantitative estimate of drug-likeness (QED) is 0.359. The molecule has 1 aromatic rings. The lowest BCUT2D eigenvalue weighted by atomic mass is 9.97. The number of non-ortho nitro benzene ring substituents is 1. The second-order valence-corrected chi connectivity index (χ2v) is 5.53. The van der Waals surface area contributed by atoms with Gasteiger partial charge in [-0.2, -0.15) is 5.26 Å². The molecule has 0 bridgehead atoms. The zero-order valence-corrected chi connectivity index (χ0v) is 13.2. The number of anilines is 1. The van der Waals surface area contributed by atoms with Crippen molar-refractivity contribution in [3.8, 4) is 6.07 Å². The molecule has 130 valence electrons. The fraction of sp³-hybridized carbons (Fsp3) is 0.312. The van der Waals surface area contributed by atoms with Crippen LogP contribution in [0.15, 0.2) is 36.0 Å². The van der Waals surface area contributed by atoms with Crippen LogP contribution in [0.4, 0.5) is 11.4 Å². The van der Waals surface area contributed by atoms with Gasteiger partial charge in [0.25, 0.3) is 11.6 Å². The molecule has 0 spiro atoms. The van der Waals surface area contributed by atoms with Crippen LogP contribution < -0.4 is 5.32 Å². The molecule has 2 rings (SSSR count). The van der Waals surface area contributed by atoms with Crippen molar-refractivity contribution in [1.29, 1.82) is 5.26 Å². The Morgan fingerprint density at radius 1 is 1.40 bits per heavy atom. The maximum absolute atomic E-state index is 12.3. The summed E-state index contributed by atoms with van der Waals surface area (Å²) >= 11 is 0. The number of nitro benzene ring substituents is 1. The number of hydrogen-bond donors (Lipinski definition) is 2. The predicted octanol–water partition coefficient (Wildman–Crippen LogP) is 1.74. The number of carboxylic acid groups (broad SMARTS) is 1. The highest BCUT2D eigenvalue weighted by molar-refractivity contribution is 5.97. The van der Waals surface area contributed by atoms with Gasteiger partial charge in [0.15, 0.2) is 0 Å². The number of nitrogens with zero attached hydrogens (tertiary/aromatic N) is 3. The lowest BCUT2D eigenvalue weighted by molar-refractivity contribution is -0.384. The predicted molar refractivity (Wildman–Crippen MR) is 87.4 cm³/mol. The molecule has 9 heteroatoms. The van der Waals surface area contributed by atoms with E-state index in [1.807, 2.05) is 0 Å². The number of nitriles is 1. The van der Waals surface area contributed by atoms with Crippen LogP contribution in [0, 0.1) is 27.4 Å². The standard InChI is InChI=1S/C16H16N4O5/c17-9-12(10-18-13-2-1-3-14(8-13)20(24)25)15(21)19-6-4-11(5-7-19)16(22)23/h1-3,8,10-11,18H,4-7H2,(H,22,23)/b12-10-. The molecular formula is C16H16N4O5. The summed E-state index contributed by atoms with van der Waals surface area (Å²) in [5.41, 5.74) is 0.110. The molecule has 1 aromatic carbocycles. The summed E-state index contributed by atoms with van der Waals surface area (Å²) in [5, 5.41) is 31.6. The minimum atomic E-state index is -0.879. The Hall–Kier alpha value is -3.41. The number of nitrogens with one attached hydrogen (secondary N) is 1. The van der Waals surface area contributed by atoms with E-state index in [9.17, 15) is 25.0 Å². The Morgan fingerprint density at radius 2 is 2.08 bits per heavy atom. The molecule has 2 N–H and O–H groups in total. The van der Waals surface area contributed by atoms with Crippen molar-refractivity contribution in [2.45, 2.75) is 12.8 Å². The van der Waals surface area contributed by atoms with E-state index in [0.29, 0.717) is 18.5 Å². The fourth-order valence-electron chi connectivity index (χ4n) is 2.51. The SMILES string of the molecule is N#C/C(=C/Nc1cccc([N+](=O)[O-])c1)C(=O)N1CCC(C(=O)O)CC1. The van der Waals surface area contributed by atoms with Gasteiger partial charge >= 0.3 is 5.97 Å². The van der Waals surface area contributed by atoms with Crippen LogP contribution in [-0.4, -0.2) is 39.9 Å². The van der Waals surface area contributed by atoms with Crippen LogP contribution in [-0.2, 0) is 9.59 Å². The third kappa shape index (κ3) is 4.54. The second-order valence-electron chi connectivity index (χ2n) is 5.53. The molecule has 0 unspecified atom stereocenters. The number of rotatable bonds is 5. The monoisotopic (exact) mass is 344 g/mol. The summed E-state index contributed by atoms with van der Waals surface area (Å²) in [6, 6.07) is 7.47. The Bertz CT molecular complexity index is 760. The lowest BCUT2D eigenvalue weighted by Gasteiger charge is -2.29. The smallest absolute Gasteiger partial charge is 0.306 e. The van der Waals surface area contributed by atoms with Crippen molar-refractivity contribution in [2.75, 3.05) is 18.4 Å². The third-order valence-corrected chi connectivity index (χ3v) is 3.92. The number of likely N-dealkylation sites (tertiary alicyclic amines) is 1. The van der Waals surface area contributed by atoms with E-state index in [1.165, 1.54) is 29.3 Å². The van der Waals surface area contributed by atoms with E-state index in [2.05, 4.69) is 5.32 Å². The number of piperidine rings is 1. The van der Waals surface area contributed by atoms with E-state index in [1.54, 1.807) is 12.1 Å². The number of nitro groups is 1. The van der Waals surface area contributed by atoms with Crippen molar-refractivity contribution in [2.24, 2.45) is 5.92 Å². The molecule has 1 saturated heterocycles. The summed E-state index contributed by atoms with van der Waals surface area (Å²) in [7, 11) is 0. The largest absolute Gasteiger partial charge is 0.481 e. The van der Waals surface area contributed by atoms with Crippen LogP contribution in [0.2, 0.25) is 0 Å². The van der Waals surface area contributed by atoms with Crippen molar-refractivity contribution < 1.29 is 19.6 Å². The Balaban J connectivity index is 2.04. The van der Waals surface area contributed by atoms with E-state index >= 15 is 0 Å². The lowest BCUT2D eigenvalue weighted by Crippen LogP contribution is -2.40. The molecule has 1 fully saturated rings. The first kappa shape index (κ1) is 17.9. The molecule has 1 aliphatic heterocycles. The first-order valence-corrected chi connectivity index (χ1v) is 7.55. The summed E-state index contributed by atoms with van der Waals surface area (Å²) in [4.78, 5) is 34.9. The second kappa shape index (κ2) is 7.92. The highest BCUT2D eigenvalue weighted by Gasteiger charge is 2.28. The molecule has 25 heavy (non-hydrogen) atoms. The maximum atomic E-state index is 12.3. The van der Waals surface area contributed by atoms with Crippen LogP contribution >= 0.6 is 0 Å². The average Bonchev–Trinajstić information content (AvgIpc) is 2.62. The summed E-state index contributed by atoms with van der Waals surface area (Å²) < 4.78 is 0. The fourth-order valence-corrected chi connectivity index (χ4v) is 2.51. The Kier molecular flexibility index (Phi) is 5.68. The summed E-state index contributed by atoms with van der Waals surface area (Å²) in [6.45, 7) is 0.539. The highest BCUT2D eigenvalue weighted by atomic mass is 16.6. The molecular weight excluding hydrogens is 328 g/mol. The minimum Gasteiger partial charge on any atom is -0.481 e. The molecule has 1 aliphatic rings. The van der Waals surface area contributed by atoms with Gasteiger partial charge in [0.05, 0.1) is 10.8 Å². The zero-order valence-electron chi connectivity index (χ0n) is 13.2. The molecule has 1 amide bonds. The van der Waals surface area contributed by atoms with Gasteiger partial charge in [-0.3, -0.25) is 19.7 Å². The van der Waals surface area contributed by atoms with Gasteiger partial charge in [0.1, 0.15) is 11.6 Å². The number of carbonyl (C=O) groups excluding carboxylic acids is 1. The van der Waals surface area contributed by atoms with Gasteiger partial charge < -0.3 is 15.3 Å². The first-order valence-electron chi connectivity index (χ1n) is 7.55. The number of hydrogen-bond acceptors (Lipinski definition) is 6. The van der Waals surface area contributed by atoms with Crippen molar-refractivity contribution >= 4 is 23.3 Å². The molecule has 0 radical (unpaired) electrons. The number of amides is 1. The van der Waals surface area contributed by atoms with E-state index < -0.39 is 22.7 Å². The van der Waals surface area contributed by atoms with Crippen LogP contribution in [0.25, 0.3) is 0 Å².